The predicted molar refractivity (Wildman–Crippen MR) is 114 cm³/mol. The van der Waals surface area contributed by atoms with Gasteiger partial charge in [-0.1, -0.05) is 38.1 Å². The van der Waals surface area contributed by atoms with Gasteiger partial charge in [-0.2, -0.15) is 0 Å². The molecule has 8 heteroatoms. The summed E-state index contributed by atoms with van der Waals surface area (Å²) in [7, 11) is -5.63. The molecular formula is C21H27NO5S2. The first-order valence-electron chi connectivity index (χ1n) is 9.53. The Balaban J connectivity index is 1.80. The largest absolute Gasteiger partial charge is 0.497 e. The molecule has 6 nitrogen and oxygen atoms in total. The molecule has 0 aliphatic carbocycles. The topological polar surface area (TPSA) is 89.5 Å². The van der Waals surface area contributed by atoms with Gasteiger partial charge in [-0.25, -0.2) is 16.8 Å². The average molecular weight is 438 g/mol. The van der Waals surface area contributed by atoms with Gasteiger partial charge in [-0.15, -0.1) is 0 Å². The highest BCUT2D eigenvalue weighted by Gasteiger charge is 2.45. The minimum atomic E-state index is -3.78. The molecule has 29 heavy (non-hydrogen) atoms. The van der Waals surface area contributed by atoms with Crippen molar-refractivity contribution in [2.45, 2.75) is 42.5 Å². The molecule has 1 fully saturated rings. The van der Waals surface area contributed by atoms with Crippen molar-refractivity contribution >= 4 is 19.7 Å². The van der Waals surface area contributed by atoms with Crippen LogP contribution < -0.4 is 10.1 Å². The van der Waals surface area contributed by atoms with Crippen molar-refractivity contribution in [1.29, 1.82) is 0 Å². The van der Waals surface area contributed by atoms with E-state index in [1.165, 1.54) is 0 Å². The van der Waals surface area contributed by atoms with E-state index in [0.717, 1.165) is 16.9 Å². The Labute approximate surface area is 173 Å². The van der Waals surface area contributed by atoms with Crippen LogP contribution in [0.5, 0.6) is 5.75 Å². The number of benzene rings is 2. The fourth-order valence-corrected chi connectivity index (χ4v) is 8.24. The maximum atomic E-state index is 13.2. The summed E-state index contributed by atoms with van der Waals surface area (Å²) >= 11 is 0. The molecule has 2 aromatic carbocycles. The molecule has 0 amide bonds. The van der Waals surface area contributed by atoms with Gasteiger partial charge in [0.1, 0.15) is 5.75 Å². The standard InChI is InChI=1S/C21H27NO5S2/c1-15(2)17-6-10-19(11-7-17)29(25,26)21-14-28(23,24)13-20(21)22-12-16-4-8-18(27-3)9-5-16/h4-11,15,20-22H,12-14H2,1-3H3/t20-,21-/m0/s1. The molecule has 1 N–H and O–H groups in total. The summed E-state index contributed by atoms with van der Waals surface area (Å²) in [5.74, 6) is 0.471. The van der Waals surface area contributed by atoms with Crippen molar-refractivity contribution in [2.24, 2.45) is 0 Å². The van der Waals surface area contributed by atoms with E-state index in [-0.39, 0.29) is 22.3 Å². The van der Waals surface area contributed by atoms with Crippen LogP contribution in [-0.4, -0.2) is 46.7 Å². The molecule has 0 saturated carbocycles. The molecule has 0 spiro atoms. The fourth-order valence-electron chi connectivity index (χ4n) is 3.52. The highest BCUT2D eigenvalue weighted by atomic mass is 32.2. The molecule has 0 radical (unpaired) electrons. The lowest BCUT2D eigenvalue weighted by Gasteiger charge is -2.20. The maximum Gasteiger partial charge on any atom is 0.183 e. The maximum absolute atomic E-state index is 13.2. The van der Waals surface area contributed by atoms with Crippen LogP contribution in [0.2, 0.25) is 0 Å². The third-order valence-corrected chi connectivity index (χ3v) is 9.47. The van der Waals surface area contributed by atoms with Crippen LogP contribution in [0, 0.1) is 0 Å². The van der Waals surface area contributed by atoms with E-state index in [1.54, 1.807) is 31.4 Å². The monoisotopic (exact) mass is 437 g/mol. The summed E-state index contributed by atoms with van der Waals surface area (Å²) in [6.07, 6.45) is 0. The first-order chi connectivity index (χ1) is 13.6. The summed E-state index contributed by atoms with van der Waals surface area (Å²) in [5.41, 5.74) is 1.96. The second-order valence-electron chi connectivity index (χ2n) is 7.72. The number of nitrogens with one attached hydrogen (secondary N) is 1. The first-order valence-corrected chi connectivity index (χ1v) is 12.9. The summed E-state index contributed by atoms with van der Waals surface area (Å²) in [5, 5.41) is 2.14. The number of hydrogen-bond acceptors (Lipinski definition) is 6. The average Bonchev–Trinajstić information content (AvgIpc) is 3.02. The van der Waals surface area contributed by atoms with Crippen molar-refractivity contribution in [1.82, 2.24) is 5.32 Å². The quantitative estimate of drug-likeness (QED) is 0.716. The third kappa shape index (κ3) is 4.99. The SMILES string of the molecule is COc1ccc(CN[C@H]2CS(=O)(=O)C[C@@H]2S(=O)(=O)c2ccc(C(C)C)cc2)cc1. The summed E-state index contributed by atoms with van der Waals surface area (Å²) < 4.78 is 56.0. The number of hydrogen-bond donors (Lipinski definition) is 1. The van der Waals surface area contributed by atoms with E-state index in [1.807, 2.05) is 38.1 Å². The highest BCUT2D eigenvalue weighted by Crippen LogP contribution is 2.27. The van der Waals surface area contributed by atoms with Crippen molar-refractivity contribution in [2.75, 3.05) is 18.6 Å². The Bertz CT molecular complexity index is 1040. The van der Waals surface area contributed by atoms with Gasteiger partial charge in [0.05, 0.1) is 28.8 Å². The molecule has 1 aliphatic heterocycles. The van der Waals surface area contributed by atoms with Crippen LogP contribution in [0.15, 0.2) is 53.4 Å². The van der Waals surface area contributed by atoms with Gasteiger partial charge in [-0.05, 0) is 41.3 Å². The van der Waals surface area contributed by atoms with Gasteiger partial charge in [0.25, 0.3) is 0 Å². The molecule has 2 atom stereocenters. The van der Waals surface area contributed by atoms with Crippen LogP contribution in [0.4, 0.5) is 0 Å². The molecule has 0 aromatic heterocycles. The van der Waals surface area contributed by atoms with E-state index < -0.39 is 31.0 Å². The Morgan fingerprint density at radius 2 is 1.66 bits per heavy atom. The zero-order valence-corrected chi connectivity index (χ0v) is 18.5. The van der Waals surface area contributed by atoms with Crippen LogP contribution in [0.25, 0.3) is 0 Å². The molecule has 1 heterocycles. The minimum absolute atomic E-state index is 0.167. The summed E-state index contributed by atoms with van der Waals surface area (Å²) in [6, 6.07) is 13.4. The minimum Gasteiger partial charge on any atom is -0.497 e. The molecule has 1 saturated heterocycles. The molecule has 3 rings (SSSR count). The Morgan fingerprint density at radius 3 is 2.21 bits per heavy atom. The van der Waals surface area contributed by atoms with Gasteiger partial charge in [-0.3, -0.25) is 0 Å². The molecule has 2 aromatic rings. The van der Waals surface area contributed by atoms with Gasteiger partial charge < -0.3 is 10.1 Å². The number of ether oxygens (including phenoxy) is 1. The van der Waals surface area contributed by atoms with Gasteiger partial charge >= 0.3 is 0 Å². The van der Waals surface area contributed by atoms with Crippen LogP contribution in [0.3, 0.4) is 0 Å². The van der Waals surface area contributed by atoms with Crippen molar-refractivity contribution < 1.29 is 21.6 Å². The molecule has 1 aliphatic rings. The first kappa shape index (κ1) is 21.8. The van der Waals surface area contributed by atoms with Crippen LogP contribution in [-0.2, 0) is 26.2 Å². The van der Waals surface area contributed by atoms with Crippen molar-refractivity contribution in [3.8, 4) is 5.75 Å². The van der Waals surface area contributed by atoms with Crippen molar-refractivity contribution in [3.63, 3.8) is 0 Å². The Kier molecular flexibility index (Phi) is 6.36. The summed E-state index contributed by atoms with van der Waals surface area (Å²) in [4.78, 5) is 0.167. The molecule has 158 valence electrons. The van der Waals surface area contributed by atoms with E-state index in [0.29, 0.717) is 6.54 Å². The second kappa shape index (κ2) is 8.45. The molecule has 0 unspecified atom stereocenters. The molecular weight excluding hydrogens is 410 g/mol. The Hall–Kier alpha value is -1.90. The number of methoxy groups -OCH3 is 1. The zero-order chi connectivity index (χ0) is 21.2. The van der Waals surface area contributed by atoms with E-state index >= 15 is 0 Å². The van der Waals surface area contributed by atoms with Crippen molar-refractivity contribution in [3.05, 3.63) is 59.7 Å². The van der Waals surface area contributed by atoms with Crippen LogP contribution in [0.1, 0.15) is 30.9 Å². The Morgan fingerprint density at radius 1 is 1.03 bits per heavy atom. The second-order valence-corrected chi connectivity index (χ2v) is 12.0. The lowest BCUT2D eigenvalue weighted by Crippen LogP contribution is -2.43. The van der Waals surface area contributed by atoms with Crippen LogP contribution >= 0.6 is 0 Å². The molecule has 0 bridgehead atoms. The van der Waals surface area contributed by atoms with E-state index in [4.69, 9.17) is 4.74 Å². The van der Waals surface area contributed by atoms with Gasteiger partial charge in [0.15, 0.2) is 19.7 Å². The smallest absolute Gasteiger partial charge is 0.183 e. The highest BCUT2D eigenvalue weighted by molar-refractivity contribution is 7.96. The third-order valence-electron chi connectivity index (χ3n) is 5.30. The van der Waals surface area contributed by atoms with Gasteiger partial charge in [0.2, 0.25) is 0 Å². The summed E-state index contributed by atoms with van der Waals surface area (Å²) in [6.45, 7) is 4.45. The lowest BCUT2D eigenvalue weighted by atomic mass is 10.0. The van der Waals surface area contributed by atoms with Gasteiger partial charge in [0, 0.05) is 12.6 Å². The normalized spacial score (nSPS) is 21.4. The fraction of sp³-hybridized carbons (Fsp3) is 0.429. The number of rotatable bonds is 7. The predicted octanol–water partition coefficient (Wildman–Crippen LogP) is 2.55. The zero-order valence-electron chi connectivity index (χ0n) is 16.8. The number of sulfone groups is 2. The van der Waals surface area contributed by atoms with E-state index in [9.17, 15) is 16.8 Å². The van der Waals surface area contributed by atoms with E-state index in [2.05, 4.69) is 5.32 Å². The lowest BCUT2D eigenvalue weighted by molar-refractivity contribution is 0.414.